The molecule has 1 aliphatic heterocycles. The number of nitrogens with one attached hydrogen (secondary N) is 1. The van der Waals surface area contributed by atoms with E-state index < -0.39 is 0 Å². The Bertz CT molecular complexity index is 373. The van der Waals surface area contributed by atoms with Gasteiger partial charge in [-0.25, -0.2) is 4.98 Å². The lowest BCUT2D eigenvalue weighted by atomic mass is 9.99. The number of hydrogen-bond acceptors (Lipinski definition) is 4. The number of aryl methyl sites for hydroxylation is 1. The maximum Gasteiger partial charge on any atom is 0.140 e. The van der Waals surface area contributed by atoms with Crippen LogP contribution in [0.3, 0.4) is 0 Å². The first-order valence-corrected chi connectivity index (χ1v) is 6.86. The van der Waals surface area contributed by atoms with Gasteiger partial charge in [0.2, 0.25) is 0 Å². The Labute approximate surface area is 110 Å². The van der Waals surface area contributed by atoms with E-state index in [0.717, 1.165) is 31.4 Å². The van der Waals surface area contributed by atoms with Gasteiger partial charge in [0, 0.05) is 32.2 Å². The molecule has 0 amide bonds. The van der Waals surface area contributed by atoms with Crippen molar-refractivity contribution in [3.63, 3.8) is 0 Å². The van der Waals surface area contributed by atoms with Crippen LogP contribution in [0.4, 0.5) is 0 Å². The van der Waals surface area contributed by atoms with E-state index in [4.69, 9.17) is 0 Å². The Morgan fingerprint density at radius 3 is 2.89 bits per heavy atom. The molecular formula is C13H25N5. The van der Waals surface area contributed by atoms with E-state index in [9.17, 15) is 0 Å². The summed E-state index contributed by atoms with van der Waals surface area (Å²) in [6.07, 6.45) is 2.87. The third-order valence-corrected chi connectivity index (χ3v) is 3.62. The van der Waals surface area contributed by atoms with E-state index in [2.05, 4.69) is 41.1 Å². The molecule has 0 aromatic carbocycles. The quantitative estimate of drug-likeness (QED) is 0.868. The standard InChI is InChI=1S/C13H25N5/c1-10(2)5-12-6-14-11(3)7-18(12)8-13-15-9-16-17(13)4/h9-12,14H,5-8H2,1-4H3. The van der Waals surface area contributed by atoms with Crippen LogP contribution >= 0.6 is 0 Å². The molecule has 0 saturated carbocycles. The van der Waals surface area contributed by atoms with Crippen molar-refractivity contribution < 1.29 is 0 Å². The molecule has 1 aliphatic rings. The lowest BCUT2D eigenvalue weighted by molar-refractivity contribution is 0.107. The van der Waals surface area contributed by atoms with Crippen LogP contribution in [0.1, 0.15) is 33.0 Å². The molecule has 2 unspecified atom stereocenters. The molecular weight excluding hydrogens is 226 g/mol. The Hall–Kier alpha value is -0.940. The van der Waals surface area contributed by atoms with Gasteiger partial charge in [-0.1, -0.05) is 13.8 Å². The topological polar surface area (TPSA) is 46.0 Å². The molecule has 102 valence electrons. The first-order valence-electron chi connectivity index (χ1n) is 6.86. The highest BCUT2D eigenvalue weighted by molar-refractivity contribution is 4.90. The minimum Gasteiger partial charge on any atom is -0.311 e. The summed E-state index contributed by atoms with van der Waals surface area (Å²) in [6.45, 7) is 9.90. The summed E-state index contributed by atoms with van der Waals surface area (Å²) in [7, 11) is 1.96. The van der Waals surface area contributed by atoms with E-state index >= 15 is 0 Å². The van der Waals surface area contributed by atoms with Gasteiger partial charge in [0.1, 0.15) is 12.2 Å². The fourth-order valence-corrected chi connectivity index (χ4v) is 2.65. The third-order valence-electron chi connectivity index (χ3n) is 3.62. The Balaban J connectivity index is 2.03. The van der Waals surface area contributed by atoms with Crippen LogP contribution in [0.5, 0.6) is 0 Å². The minimum atomic E-state index is 0.557. The normalized spacial score (nSPS) is 25.8. The average Bonchev–Trinajstić information content (AvgIpc) is 2.68. The van der Waals surface area contributed by atoms with Gasteiger partial charge in [-0.15, -0.1) is 0 Å². The van der Waals surface area contributed by atoms with Crippen LogP contribution in [-0.4, -0.2) is 44.8 Å². The van der Waals surface area contributed by atoms with Crippen molar-refractivity contribution in [2.75, 3.05) is 13.1 Å². The molecule has 0 aliphatic carbocycles. The molecule has 1 aromatic rings. The molecule has 5 heteroatoms. The van der Waals surface area contributed by atoms with Gasteiger partial charge in [-0.2, -0.15) is 5.10 Å². The molecule has 0 bridgehead atoms. The molecule has 2 heterocycles. The maximum atomic E-state index is 4.34. The molecule has 0 radical (unpaired) electrons. The fourth-order valence-electron chi connectivity index (χ4n) is 2.65. The Morgan fingerprint density at radius 1 is 1.50 bits per heavy atom. The van der Waals surface area contributed by atoms with E-state index in [1.807, 2.05) is 11.7 Å². The van der Waals surface area contributed by atoms with E-state index in [1.165, 1.54) is 6.42 Å². The molecule has 1 aromatic heterocycles. The van der Waals surface area contributed by atoms with Gasteiger partial charge < -0.3 is 5.32 Å². The SMILES string of the molecule is CC(C)CC1CNC(C)CN1Cc1ncnn1C. The van der Waals surface area contributed by atoms with Gasteiger partial charge in [0.05, 0.1) is 6.54 Å². The van der Waals surface area contributed by atoms with E-state index in [-0.39, 0.29) is 0 Å². The second-order valence-corrected chi connectivity index (χ2v) is 5.82. The van der Waals surface area contributed by atoms with Crippen molar-refractivity contribution in [3.8, 4) is 0 Å². The number of rotatable bonds is 4. The second kappa shape index (κ2) is 5.80. The summed E-state index contributed by atoms with van der Waals surface area (Å²) < 4.78 is 1.87. The van der Waals surface area contributed by atoms with Crippen molar-refractivity contribution in [3.05, 3.63) is 12.2 Å². The van der Waals surface area contributed by atoms with Gasteiger partial charge in [0.15, 0.2) is 0 Å². The zero-order valence-corrected chi connectivity index (χ0v) is 11.9. The summed E-state index contributed by atoms with van der Waals surface area (Å²) >= 11 is 0. The van der Waals surface area contributed by atoms with Crippen molar-refractivity contribution in [1.29, 1.82) is 0 Å². The Morgan fingerprint density at radius 2 is 2.28 bits per heavy atom. The van der Waals surface area contributed by atoms with Crippen molar-refractivity contribution in [1.82, 2.24) is 25.0 Å². The van der Waals surface area contributed by atoms with Crippen LogP contribution in [0.15, 0.2) is 6.33 Å². The number of hydrogen-bond donors (Lipinski definition) is 1. The van der Waals surface area contributed by atoms with Gasteiger partial charge >= 0.3 is 0 Å². The van der Waals surface area contributed by atoms with Crippen LogP contribution in [0, 0.1) is 5.92 Å². The second-order valence-electron chi connectivity index (χ2n) is 5.82. The molecule has 5 nitrogen and oxygen atoms in total. The van der Waals surface area contributed by atoms with Crippen molar-refractivity contribution in [2.45, 2.75) is 45.8 Å². The number of piperazine rings is 1. The van der Waals surface area contributed by atoms with Crippen LogP contribution < -0.4 is 5.32 Å². The predicted molar refractivity (Wildman–Crippen MR) is 72.1 cm³/mol. The average molecular weight is 251 g/mol. The molecule has 0 spiro atoms. The first-order chi connectivity index (χ1) is 8.56. The van der Waals surface area contributed by atoms with Crippen molar-refractivity contribution >= 4 is 0 Å². The fraction of sp³-hybridized carbons (Fsp3) is 0.846. The highest BCUT2D eigenvalue weighted by Gasteiger charge is 2.27. The molecule has 1 N–H and O–H groups in total. The molecule has 2 rings (SSSR count). The summed E-state index contributed by atoms with van der Waals surface area (Å²) in [5.74, 6) is 1.78. The highest BCUT2D eigenvalue weighted by atomic mass is 15.3. The minimum absolute atomic E-state index is 0.557. The zero-order valence-electron chi connectivity index (χ0n) is 11.9. The summed E-state index contributed by atoms with van der Waals surface area (Å²) in [4.78, 5) is 6.89. The predicted octanol–water partition coefficient (Wildman–Crippen LogP) is 1.02. The van der Waals surface area contributed by atoms with E-state index in [1.54, 1.807) is 6.33 Å². The van der Waals surface area contributed by atoms with Gasteiger partial charge in [-0.3, -0.25) is 9.58 Å². The number of aromatic nitrogens is 3. The molecule has 1 saturated heterocycles. The van der Waals surface area contributed by atoms with Crippen molar-refractivity contribution in [2.24, 2.45) is 13.0 Å². The van der Waals surface area contributed by atoms with Crippen LogP contribution in [0.2, 0.25) is 0 Å². The first kappa shape index (κ1) is 13.5. The lowest BCUT2D eigenvalue weighted by Crippen LogP contribution is -2.55. The highest BCUT2D eigenvalue weighted by Crippen LogP contribution is 2.17. The monoisotopic (exact) mass is 251 g/mol. The summed E-state index contributed by atoms with van der Waals surface area (Å²) in [5.41, 5.74) is 0. The van der Waals surface area contributed by atoms with Crippen LogP contribution in [0.25, 0.3) is 0 Å². The maximum absolute atomic E-state index is 4.34. The Kier molecular flexibility index (Phi) is 4.35. The number of nitrogens with zero attached hydrogens (tertiary/aromatic N) is 4. The zero-order chi connectivity index (χ0) is 13.1. The van der Waals surface area contributed by atoms with Gasteiger partial charge in [0.25, 0.3) is 0 Å². The van der Waals surface area contributed by atoms with E-state index in [0.29, 0.717) is 12.1 Å². The molecule has 2 atom stereocenters. The summed E-state index contributed by atoms with van der Waals surface area (Å²) in [6, 6.07) is 1.17. The smallest absolute Gasteiger partial charge is 0.140 e. The molecule has 18 heavy (non-hydrogen) atoms. The third kappa shape index (κ3) is 3.29. The molecule has 1 fully saturated rings. The lowest BCUT2D eigenvalue weighted by Gasteiger charge is -2.39. The van der Waals surface area contributed by atoms with Gasteiger partial charge in [-0.05, 0) is 19.3 Å². The van der Waals surface area contributed by atoms with Crippen LogP contribution in [-0.2, 0) is 13.6 Å². The largest absolute Gasteiger partial charge is 0.311 e. The summed E-state index contributed by atoms with van der Waals surface area (Å²) in [5, 5.41) is 7.73.